The van der Waals surface area contributed by atoms with Gasteiger partial charge in [-0.3, -0.25) is 9.59 Å². The fourth-order valence-electron chi connectivity index (χ4n) is 4.92. The zero-order valence-corrected chi connectivity index (χ0v) is 20.4. The van der Waals surface area contributed by atoms with Crippen molar-refractivity contribution in [3.63, 3.8) is 0 Å². The molecule has 0 saturated carbocycles. The summed E-state index contributed by atoms with van der Waals surface area (Å²) in [4.78, 5) is 39.3. The van der Waals surface area contributed by atoms with Crippen molar-refractivity contribution in [2.75, 3.05) is 26.4 Å². The second-order valence-corrected chi connectivity index (χ2v) is 10.1. The van der Waals surface area contributed by atoms with Gasteiger partial charge in [-0.1, -0.05) is 48.5 Å². The first-order valence-corrected chi connectivity index (χ1v) is 11.9. The van der Waals surface area contributed by atoms with E-state index in [1.807, 2.05) is 57.2 Å². The molecule has 1 aliphatic heterocycles. The maximum absolute atomic E-state index is 13.6. The first-order valence-electron chi connectivity index (χ1n) is 11.9. The second kappa shape index (κ2) is 9.70. The third-order valence-corrected chi connectivity index (χ3v) is 6.72. The fourth-order valence-corrected chi connectivity index (χ4v) is 4.92. The molecule has 2 N–H and O–H groups in total. The number of rotatable bonds is 7. The van der Waals surface area contributed by atoms with Gasteiger partial charge in [-0.2, -0.15) is 0 Å². The zero-order valence-electron chi connectivity index (χ0n) is 20.4. The van der Waals surface area contributed by atoms with Gasteiger partial charge in [-0.25, -0.2) is 4.79 Å². The molecule has 2 aliphatic rings. The SMILES string of the molecule is CC(C)(C)N(CCC(=O)O)C(=O)C1(NC(=O)OCC2c3ccccc3-c3ccccc32)CCOC1. The van der Waals surface area contributed by atoms with Gasteiger partial charge in [0.05, 0.1) is 13.0 Å². The van der Waals surface area contributed by atoms with Gasteiger partial charge in [0.1, 0.15) is 12.1 Å². The highest BCUT2D eigenvalue weighted by molar-refractivity contribution is 5.91. The number of carbonyl (C=O) groups excluding carboxylic acids is 2. The molecule has 0 radical (unpaired) electrons. The van der Waals surface area contributed by atoms with Gasteiger partial charge < -0.3 is 24.8 Å². The number of hydrogen-bond acceptors (Lipinski definition) is 5. The summed E-state index contributed by atoms with van der Waals surface area (Å²) in [7, 11) is 0. The highest BCUT2D eigenvalue weighted by Gasteiger charge is 2.48. The average molecular weight is 481 g/mol. The van der Waals surface area contributed by atoms with Crippen molar-refractivity contribution in [1.29, 1.82) is 0 Å². The number of carboxylic acid groups (broad SMARTS) is 1. The molecule has 2 amide bonds. The van der Waals surface area contributed by atoms with E-state index in [4.69, 9.17) is 14.6 Å². The summed E-state index contributed by atoms with van der Waals surface area (Å²) in [6.45, 7) is 6.00. The van der Waals surface area contributed by atoms with Gasteiger partial charge in [0.25, 0.3) is 5.91 Å². The molecule has 2 aromatic carbocycles. The Balaban J connectivity index is 1.49. The van der Waals surface area contributed by atoms with Crippen LogP contribution in [0.15, 0.2) is 48.5 Å². The molecule has 1 atom stereocenters. The largest absolute Gasteiger partial charge is 0.481 e. The van der Waals surface area contributed by atoms with Crippen LogP contribution in [0.1, 0.15) is 50.7 Å². The lowest BCUT2D eigenvalue weighted by Crippen LogP contribution is -2.63. The zero-order chi connectivity index (χ0) is 25.2. The molecule has 2 aromatic rings. The van der Waals surface area contributed by atoms with E-state index >= 15 is 0 Å². The van der Waals surface area contributed by atoms with Gasteiger partial charge in [0.15, 0.2) is 0 Å². The van der Waals surface area contributed by atoms with Gasteiger partial charge in [0.2, 0.25) is 0 Å². The minimum atomic E-state index is -1.30. The average Bonchev–Trinajstić information content (AvgIpc) is 3.40. The van der Waals surface area contributed by atoms with Crippen molar-refractivity contribution < 1.29 is 29.0 Å². The number of benzene rings is 2. The van der Waals surface area contributed by atoms with Gasteiger partial charge in [-0.05, 0) is 43.0 Å². The molecular weight excluding hydrogens is 448 g/mol. The third kappa shape index (κ3) is 5.03. The second-order valence-electron chi connectivity index (χ2n) is 10.1. The van der Waals surface area contributed by atoms with Crippen molar-refractivity contribution >= 4 is 18.0 Å². The van der Waals surface area contributed by atoms with E-state index in [2.05, 4.69) is 17.4 Å². The lowest BCUT2D eigenvalue weighted by atomic mass is 9.93. The van der Waals surface area contributed by atoms with Crippen LogP contribution in [-0.2, 0) is 19.1 Å². The summed E-state index contributed by atoms with van der Waals surface area (Å²) < 4.78 is 11.2. The van der Waals surface area contributed by atoms with E-state index < -0.39 is 23.1 Å². The fraction of sp³-hybridized carbons (Fsp3) is 0.444. The van der Waals surface area contributed by atoms with Crippen molar-refractivity contribution in [3.8, 4) is 11.1 Å². The Hall–Kier alpha value is -3.39. The van der Waals surface area contributed by atoms with Crippen LogP contribution in [0.25, 0.3) is 11.1 Å². The van der Waals surface area contributed by atoms with Crippen LogP contribution in [0.4, 0.5) is 4.79 Å². The van der Waals surface area contributed by atoms with Crippen LogP contribution >= 0.6 is 0 Å². The monoisotopic (exact) mass is 480 g/mol. The first kappa shape index (κ1) is 24.7. The van der Waals surface area contributed by atoms with Gasteiger partial charge >= 0.3 is 12.1 Å². The van der Waals surface area contributed by atoms with E-state index in [-0.39, 0.29) is 44.4 Å². The number of aliphatic carboxylic acids is 1. The Bertz CT molecular complexity index is 1070. The molecule has 1 aliphatic carbocycles. The standard InChI is InChI=1S/C27H32N2O6/c1-26(2,3)29(14-12-23(30)31)24(32)27(13-15-34-17-27)28-25(33)35-16-22-20-10-6-4-8-18(20)19-9-5-7-11-21(19)22/h4-11,22H,12-17H2,1-3H3,(H,28,33)(H,30,31). The van der Waals surface area contributed by atoms with E-state index in [1.54, 1.807) is 0 Å². The number of fused-ring (bicyclic) bond motifs is 3. The first-order chi connectivity index (χ1) is 16.6. The number of nitrogens with zero attached hydrogens (tertiary/aromatic N) is 1. The van der Waals surface area contributed by atoms with E-state index in [1.165, 1.54) is 4.90 Å². The van der Waals surface area contributed by atoms with Crippen molar-refractivity contribution in [2.45, 2.75) is 50.6 Å². The van der Waals surface area contributed by atoms with Crippen LogP contribution in [-0.4, -0.2) is 65.4 Å². The van der Waals surface area contributed by atoms with Crippen LogP contribution in [0, 0.1) is 0 Å². The molecule has 0 aromatic heterocycles. The number of amides is 2. The normalized spacial score (nSPS) is 19.1. The molecule has 1 saturated heterocycles. The summed E-state index contributed by atoms with van der Waals surface area (Å²) >= 11 is 0. The van der Waals surface area contributed by atoms with Crippen molar-refractivity contribution in [2.24, 2.45) is 0 Å². The molecule has 0 spiro atoms. The predicted molar refractivity (Wildman–Crippen MR) is 130 cm³/mol. The van der Waals surface area contributed by atoms with Crippen molar-refractivity contribution in [1.82, 2.24) is 10.2 Å². The van der Waals surface area contributed by atoms with Gasteiger partial charge in [0, 0.05) is 31.0 Å². The number of ether oxygens (including phenoxy) is 2. The number of hydrogen-bond donors (Lipinski definition) is 2. The number of carbonyl (C=O) groups is 3. The molecule has 4 rings (SSSR count). The maximum atomic E-state index is 13.6. The topological polar surface area (TPSA) is 105 Å². The molecule has 1 fully saturated rings. The Morgan fingerprint density at radius 2 is 1.69 bits per heavy atom. The van der Waals surface area contributed by atoms with E-state index in [9.17, 15) is 14.4 Å². The summed E-state index contributed by atoms with van der Waals surface area (Å²) in [6.07, 6.45) is -0.599. The third-order valence-electron chi connectivity index (χ3n) is 6.72. The summed E-state index contributed by atoms with van der Waals surface area (Å²) in [6, 6.07) is 16.1. The Morgan fingerprint density at radius 1 is 1.09 bits per heavy atom. The quantitative estimate of drug-likeness (QED) is 0.625. The smallest absolute Gasteiger partial charge is 0.408 e. The van der Waals surface area contributed by atoms with E-state index in [0.717, 1.165) is 22.3 Å². The Labute approximate surface area is 205 Å². The molecule has 1 unspecified atom stereocenters. The summed E-state index contributed by atoms with van der Waals surface area (Å²) in [5.74, 6) is -1.45. The van der Waals surface area contributed by atoms with E-state index in [0.29, 0.717) is 6.61 Å². The minimum absolute atomic E-state index is 0.00960. The van der Waals surface area contributed by atoms with Gasteiger partial charge in [-0.15, -0.1) is 0 Å². The lowest BCUT2D eigenvalue weighted by molar-refractivity contribution is -0.145. The molecule has 186 valence electrons. The molecule has 0 bridgehead atoms. The molecule has 35 heavy (non-hydrogen) atoms. The maximum Gasteiger partial charge on any atom is 0.408 e. The number of alkyl carbamates (subject to hydrolysis) is 1. The predicted octanol–water partition coefficient (Wildman–Crippen LogP) is 3.79. The van der Waals surface area contributed by atoms with Crippen LogP contribution < -0.4 is 5.32 Å². The minimum Gasteiger partial charge on any atom is -0.481 e. The Kier molecular flexibility index (Phi) is 6.85. The summed E-state index contributed by atoms with van der Waals surface area (Å²) in [5.41, 5.74) is 2.53. The highest BCUT2D eigenvalue weighted by atomic mass is 16.6. The number of nitrogens with one attached hydrogen (secondary N) is 1. The molecule has 8 nitrogen and oxygen atoms in total. The van der Waals surface area contributed by atoms with Crippen LogP contribution in [0.2, 0.25) is 0 Å². The summed E-state index contributed by atoms with van der Waals surface area (Å²) in [5, 5.41) is 11.9. The molecule has 1 heterocycles. The molecule has 8 heteroatoms. The van der Waals surface area contributed by atoms with Crippen molar-refractivity contribution in [3.05, 3.63) is 59.7 Å². The molecular formula is C27H32N2O6. The lowest BCUT2D eigenvalue weighted by Gasteiger charge is -2.41. The highest BCUT2D eigenvalue weighted by Crippen LogP contribution is 2.44. The Morgan fingerprint density at radius 3 is 2.20 bits per heavy atom. The van der Waals surface area contributed by atoms with Crippen LogP contribution in [0.3, 0.4) is 0 Å². The van der Waals surface area contributed by atoms with Crippen LogP contribution in [0.5, 0.6) is 0 Å². The number of carboxylic acids is 1.